The van der Waals surface area contributed by atoms with Crippen molar-refractivity contribution in [1.29, 1.82) is 0 Å². The number of rotatable bonds is 8. The van der Waals surface area contributed by atoms with Gasteiger partial charge in [0.15, 0.2) is 11.5 Å². The van der Waals surface area contributed by atoms with Crippen molar-refractivity contribution in [3.05, 3.63) is 23.8 Å². The second kappa shape index (κ2) is 8.25. The van der Waals surface area contributed by atoms with E-state index in [1.165, 1.54) is 5.56 Å². The first-order chi connectivity index (χ1) is 10.2. The van der Waals surface area contributed by atoms with Crippen molar-refractivity contribution in [2.75, 3.05) is 20.3 Å². The highest BCUT2D eigenvalue weighted by atomic mass is 16.5. The third-order valence-electron chi connectivity index (χ3n) is 3.94. The van der Waals surface area contributed by atoms with Crippen LogP contribution in [0.2, 0.25) is 0 Å². The van der Waals surface area contributed by atoms with Crippen molar-refractivity contribution in [2.45, 2.75) is 51.8 Å². The monoisotopic (exact) mass is 293 g/mol. The molecule has 2 atom stereocenters. The van der Waals surface area contributed by atoms with Crippen molar-refractivity contribution in [2.24, 2.45) is 0 Å². The second-order valence-corrected chi connectivity index (χ2v) is 5.62. The predicted octanol–water partition coefficient (Wildman–Crippen LogP) is 3.14. The molecule has 21 heavy (non-hydrogen) atoms. The van der Waals surface area contributed by atoms with Crippen LogP contribution in [-0.2, 0) is 11.3 Å². The van der Waals surface area contributed by atoms with Crippen molar-refractivity contribution in [3.63, 3.8) is 0 Å². The SMILES string of the molecule is CCC(C)NCc1ccc(OCC2CCCO2)c(OC)c1. The summed E-state index contributed by atoms with van der Waals surface area (Å²) in [4.78, 5) is 0. The molecule has 0 radical (unpaired) electrons. The van der Waals surface area contributed by atoms with Gasteiger partial charge in [0.25, 0.3) is 0 Å². The molecule has 118 valence electrons. The molecule has 1 aromatic carbocycles. The van der Waals surface area contributed by atoms with Crippen molar-refractivity contribution in [1.82, 2.24) is 5.32 Å². The number of benzene rings is 1. The van der Waals surface area contributed by atoms with Gasteiger partial charge in [0.05, 0.1) is 13.2 Å². The molecule has 2 rings (SSSR count). The maximum Gasteiger partial charge on any atom is 0.161 e. The topological polar surface area (TPSA) is 39.7 Å². The summed E-state index contributed by atoms with van der Waals surface area (Å²) in [5.41, 5.74) is 1.21. The maximum absolute atomic E-state index is 5.84. The van der Waals surface area contributed by atoms with Gasteiger partial charge in [-0.05, 0) is 43.9 Å². The fourth-order valence-electron chi connectivity index (χ4n) is 2.34. The molecule has 2 unspecified atom stereocenters. The zero-order valence-electron chi connectivity index (χ0n) is 13.4. The van der Waals surface area contributed by atoms with E-state index in [1.807, 2.05) is 12.1 Å². The van der Waals surface area contributed by atoms with Gasteiger partial charge in [-0.25, -0.2) is 0 Å². The summed E-state index contributed by atoms with van der Waals surface area (Å²) in [6.45, 7) is 6.67. The summed E-state index contributed by atoms with van der Waals surface area (Å²) < 4.78 is 16.9. The van der Waals surface area contributed by atoms with Crippen LogP contribution in [-0.4, -0.2) is 32.5 Å². The van der Waals surface area contributed by atoms with E-state index in [0.29, 0.717) is 12.6 Å². The van der Waals surface area contributed by atoms with Crippen LogP contribution in [0.3, 0.4) is 0 Å². The Bertz CT molecular complexity index is 430. The first-order valence-corrected chi connectivity index (χ1v) is 7.87. The summed E-state index contributed by atoms with van der Waals surface area (Å²) in [5, 5.41) is 3.48. The minimum Gasteiger partial charge on any atom is -0.493 e. The normalized spacial score (nSPS) is 19.5. The molecule has 1 fully saturated rings. The Hall–Kier alpha value is -1.26. The number of hydrogen-bond donors (Lipinski definition) is 1. The Balaban J connectivity index is 1.91. The van der Waals surface area contributed by atoms with Crippen LogP contribution in [0.1, 0.15) is 38.7 Å². The van der Waals surface area contributed by atoms with Gasteiger partial charge in [-0.2, -0.15) is 0 Å². The van der Waals surface area contributed by atoms with Crippen LogP contribution in [0.4, 0.5) is 0 Å². The third kappa shape index (κ3) is 4.90. The Morgan fingerprint density at radius 3 is 2.90 bits per heavy atom. The number of ether oxygens (including phenoxy) is 3. The third-order valence-corrected chi connectivity index (χ3v) is 3.94. The van der Waals surface area contributed by atoms with Crippen molar-refractivity contribution in [3.8, 4) is 11.5 Å². The Morgan fingerprint density at radius 2 is 2.24 bits per heavy atom. The van der Waals surface area contributed by atoms with Crippen LogP contribution in [0.25, 0.3) is 0 Å². The van der Waals surface area contributed by atoms with Crippen LogP contribution in [0.15, 0.2) is 18.2 Å². The lowest BCUT2D eigenvalue weighted by Crippen LogP contribution is -2.24. The van der Waals surface area contributed by atoms with Gasteiger partial charge in [-0.3, -0.25) is 0 Å². The molecular formula is C17H27NO3. The number of methoxy groups -OCH3 is 1. The van der Waals surface area contributed by atoms with Crippen molar-refractivity contribution >= 4 is 0 Å². The van der Waals surface area contributed by atoms with E-state index in [4.69, 9.17) is 14.2 Å². The molecule has 1 aliphatic rings. The zero-order valence-corrected chi connectivity index (χ0v) is 13.4. The van der Waals surface area contributed by atoms with Crippen LogP contribution in [0.5, 0.6) is 11.5 Å². The molecule has 1 aliphatic heterocycles. The molecule has 1 aromatic rings. The predicted molar refractivity (Wildman–Crippen MR) is 84.1 cm³/mol. The number of nitrogens with one attached hydrogen (secondary N) is 1. The van der Waals surface area contributed by atoms with E-state index < -0.39 is 0 Å². The van der Waals surface area contributed by atoms with Crippen LogP contribution in [0, 0.1) is 0 Å². The first kappa shape index (κ1) is 16.1. The largest absolute Gasteiger partial charge is 0.493 e. The molecular weight excluding hydrogens is 266 g/mol. The average molecular weight is 293 g/mol. The lowest BCUT2D eigenvalue weighted by atomic mass is 10.1. The first-order valence-electron chi connectivity index (χ1n) is 7.87. The number of hydrogen-bond acceptors (Lipinski definition) is 4. The van der Waals surface area contributed by atoms with Gasteiger partial charge < -0.3 is 19.5 Å². The van der Waals surface area contributed by atoms with E-state index >= 15 is 0 Å². The van der Waals surface area contributed by atoms with Crippen LogP contribution >= 0.6 is 0 Å². The second-order valence-electron chi connectivity index (χ2n) is 5.62. The molecule has 4 heteroatoms. The van der Waals surface area contributed by atoms with Gasteiger partial charge in [0.1, 0.15) is 6.61 Å². The van der Waals surface area contributed by atoms with Gasteiger partial charge >= 0.3 is 0 Å². The van der Waals surface area contributed by atoms with E-state index in [1.54, 1.807) is 7.11 Å². The minimum absolute atomic E-state index is 0.224. The summed E-state index contributed by atoms with van der Waals surface area (Å²) in [6, 6.07) is 6.64. The molecule has 1 N–H and O–H groups in total. The standard InChI is InChI=1S/C17H27NO3/c1-4-13(2)18-11-14-7-8-16(17(10-14)19-3)21-12-15-6-5-9-20-15/h7-8,10,13,15,18H,4-6,9,11-12H2,1-3H3. The van der Waals surface area contributed by atoms with E-state index in [0.717, 1.165) is 43.9 Å². The molecule has 0 aliphatic carbocycles. The lowest BCUT2D eigenvalue weighted by Gasteiger charge is -2.16. The smallest absolute Gasteiger partial charge is 0.161 e. The van der Waals surface area contributed by atoms with Crippen LogP contribution < -0.4 is 14.8 Å². The molecule has 0 spiro atoms. The van der Waals surface area contributed by atoms with Gasteiger partial charge in [-0.15, -0.1) is 0 Å². The minimum atomic E-state index is 0.224. The maximum atomic E-state index is 5.84. The highest BCUT2D eigenvalue weighted by molar-refractivity contribution is 5.43. The molecule has 1 saturated heterocycles. The molecule has 0 amide bonds. The fourth-order valence-corrected chi connectivity index (χ4v) is 2.34. The molecule has 1 heterocycles. The quantitative estimate of drug-likeness (QED) is 0.799. The van der Waals surface area contributed by atoms with E-state index in [9.17, 15) is 0 Å². The summed E-state index contributed by atoms with van der Waals surface area (Å²) in [5.74, 6) is 1.58. The fraction of sp³-hybridized carbons (Fsp3) is 0.647. The summed E-state index contributed by atoms with van der Waals surface area (Å²) in [6.07, 6.45) is 3.56. The van der Waals surface area contributed by atoms with Gasteiger partial charge in [-0.1, -0.05) is 13.0 Å². The van der Waals surface area contributed by atoms with E-state index in [-0.39, 0.29) is 6.10 Å². The van der Waals surface area contributed by atoms with Gasteiger partial charge in [0, 0.05) is 19.2 Å². The Labute approximate surface area is 127 Å². The van der Waals surface area contributed by atoms with E-state index in [2.05, 4.69) is 25.2 Å². The Kier molecular flexibility index (Phi) is 6.33. The highest BCUT2D eigenvalue weighted by Crippen LogP contribution is 2.29. The average Bonchev–Trinajstić information content (AvgIpc) is 3.04. The van der Waals surface area contributed by atoms with Crippen molar-refractivity contribution < 1.29 is 14.2 Å². The summed E-state index contributed by atoms with van der Waals surface area (Å²) >= 11 is 0. The molecule has 0 saturated carbocycles. The zero-order chi connectivity index (χ0) is 15.1. The molecule has 4 nitrogen and oxygen atoms in total. The highest BCUT2D eigenvalue weighted by Gasteiger charge is 2.17. The van der Waals surface area contributed by atoms with Gasteiger partial charge in [0.2, 0.25) is 0 Å². The Morgan fingerprint density at radius 1 is 1.38 bits per heavy atom. The molecule has 0 aromatic heterocycles. The summed E-state index contributed by atoms with van der Waals surface area (Å²) in [7, 11) is 1.68. The molecule has 0 bridgehead atoms. The lowest BCUT2D eigenvalue weighted by molar-refractivity contribution is 0.0669.